The minimum atomic E-state index is -4.77. The Hall–Kier alpha value is -4.12. The van der Waals surface area contributed by atoms with Crippen LogP contribution < -0.4 is 0 Å². The van der Waals surface area contributed by atoms with E-state index in [0.717, 1.165) is 154 Å². The molecule has 0 aromatic rings. The molecule has 444 valence electrons. The van der Waals surface area contributed by atoms with Gasteiger partial charge in [-0.1, -0.05) is 213 Å². The van der Waals surface area contributed by atoms with Crippen LogP contribution in [-0.2, 0) is 42.2 Å². The van der Waals surface area contributed by atoms with E-state index in [0.29, 0.717) is 19.3 Å². The van der Waals surface area contributed by atoms with E-state index in [1.807, 2.05) is 0 Å². The third-order valence-electron chi connectivity index (χ3n) is 12.3. The molecule has 0 aromatic carbocycles. The molecule has 0 spiro atoms. The predicted octanol–water partition coefficient (Wildman–Crippen LogP) is 18.4. The lowest BCUT2D eigenvalue weighted by Crippen LogP contribution is -2.30. The van der Waals surface area contributed by atoms with E-state index in [1.165, 1.54) is 25.7 Å². The molecule has 0 saturated carbocycles. The first-order chi connectivity index (χ1) is 38.2. The Kier molecular flexibility index (Phi) is 55.9. The molecule has 11 nitrogen and oxygen atoms in total. The first-order valence-corrected chi connectivity index (χ1v) is 31.9. The normalized spacial score (nSPS) is 14.2. The molecular weight excluding hydrogens is 1000 g/mol. The second-order valence-corrected chi connectivity index (χ2v) is 21.2. The maximum Gasteiger partial charge on any atom is 0.472 e. The van der Waals surface area contributed by atoms with Gasteiger partial charge in [0, 0.05) is 19.3 Å². The van der Waals surface area contributed by atoms with Gasteiger partial charge >= 0.3 is 25.7 Å². The van der Waals surface area contributed by atoms with Crippen LogP contribution in [0.2, 0.25) is 0 Å². The van der Waals surface area contributed by atoms with Crippen molar-refractivity contribution in [3.63, 3.8) is 0 Å². The van der Waals surface area contributed by atoms with Crippen LogP contribution in [0.25, 0.3) is 0 Å². The lowest BCUT2D eigenvalue weighted by Gasteiger charge is -2.21. The van der Waals surface area contributed by atoms with Gasteiger partial charge in [0.1, 0.15) is 12.7 Å². The number of allylic oxidation sites excluding steroid dienone is 20. The van der Waals surface area contributed by atoms with Gasteiger partial charge in [-0.2, -0.15) is 0 Å². The lowest BCUT2D eigenvalue weighted by molar-refractivity contribution is -0.161. The zero-order valence-corrected chi connectivity index (χ0v) is 50.0. The van der Waals surface area contributed by atoms with Crippen LogP contribution in [0.3, 0.4) is 0 Å². The summed E-state index contributed by atoms with van der Waals surface area (Å²) >= 11 is 0. The highest BCUT2D eigenvalue weighted by molar-refractivity contribution is 7.47. The minimum Gasteiger partial charge on any atom is -0.462 e. The average Bonchev–Trinajstić information content (AvgIpc) is 3.43. The molecule has 0 aromatic heterocycles. The average molecular weight is 1110 g/mol. The number of aliphatic hydroxyl groups excluding tert-OH is 1. The van der Waals surface area contributed by atoms with Crippen LogP contribution in [0, 0.1) is 0 Å². The van der Waals surface area contributed by atoms with E-state index in [9.17, 15) is 28.9 Å². The summed E-state index contributed by atoms with van der Waals surface area (Å²) in [5, 5.41) is 9.82. The van der Waals surface area contributed by atoms with Crippen LogP contribution in [0.15, 0.2) is 122 Å². The summed E-state index contributed by atoms with van der Waals surface area (Å²) in [6.45, 7) is 4.34. The molecule has 0 radical (unpaired) electrons. The van der Waals surface area contributed by atoms with Crippen LogP contribution >= 0.6 is 7.82 Å². The van der Waals surface area contributed by atoms with Crippen molar-refractivity contribution in [2.24, 2.45) is 0 Å². The maximum absolute atomic E-state index is 12.9. The number of rotatable bonds is 55. The molecule has 0 heterocycles. The maximum atomic E-state index is 12.9. The van der Waals surface area contributed by atoms with Crippen LogP contribution in [0.5, 0.6) is 0 Å². The summed E-state index contributed by atoms with van der Waals surface area (Å²) in [7, 11) is -4.77. The number of esters is 3. The number of hydrogen-bond acceptors (Lipinski definition) is 10. The van der Waals surface area contributed by atoms with E-state index >= 15 is 0 Å². The molecular formula is C66H109O11P. The second-order valence-electron chi connectivity index (χ2n) is 19.7. The van der Waals surface area contributed by atoms with Crippen LogP contribution in [0.4, 0.5) is 0 Å². The van der Waals surface area contributed by atoms with Gasteiger partial charge in [-0.3, -0.25) is 23.4 Å². The standard InChI is InChI=1S/C66H109O11P/c1-4-7-10-13-16-19-22-25-27-29-31-33-35-38-40-43-46-49-52-55-64(68)73-59-63(77-66(70)57-54-51-48-45-42-39-36-34-32-30-28-26-23-20-17-14-11-8-5-2)61-75-78(71,72)74-60-62(58-67)76-65(69)56-53-50-47-44-41-37-24-21-18-15-12-9-6-3/h7-8,10-11,16-17,19-21,24-28,31-34,39,42,62-63,67H,4-6,9,12-15,18,22-23,29-30,35-38,40-41,43-61H2,1-3H3,(H,71,72)/b10-7-,11-8-,19-16-,20-17-,24-21-,27-25-,28-26-,33-31-,34-32-,42-39-. The van der Waals surface area contributed by atoms with E-state index < -0.39 is 57.8 Å². The van der Waals surface area contributed by atoms with Gasteiger partial charge in [0.15, 0.2) is 6.10 Å². The molecule has 3 unspecified atom stereocenters. The smallest absolute Gasteiger partial charge is 0.462 e. The monoisotopic (exact) mass is 1110 g/mol. The number of aliphatic hydroxyl groups is 1. The number of carbonyl (C=O) groups is 3. The zero-order chi connectivity index (χ0) is 56.9. The van der Waals surface area contributed by atoms with Gasteiger partial charge < -0.3 is 24.2 Å². The van der Waals surface area contributed by atoms with Crippen molar-refractivity contribution in [2.75, 3.05) is 26.4 Å². The Morgan fingerprint density at radius 2 is 0.667 bits per heavy atom. The topological polar surface area (TPSA) is 155 Å². The number of phosphoric ester groups is 1. The van der Waals surface area contributed by atoms with E-state index in [2.05, 4.69) is 142 Å². The Morgan fingerprint density at radius 1 is 0.372 bits per heavy atom. The van der Waals surface area contributed by atoms with E-state index in [-0.39, 0.29) is 25.9 Å². The Bertz CT molecular complexity index is 1770. The van der Waals surface area contributed by atoms with Crippen molar-refractivity contribution < 1.29 is 52.2 Å². The first-order valence-electron chi connectivity index (χ1n) is 30.4. The fraction of sp³-hybridized carbons (Fsp3) is 0.652. The quantitative estimate of drug-likeness (QED) is 0.0197. The summed E-state index contributed by atoms with van der Waals surface area (Å²) in [4.78, 5) is 48.7. The molecule has 0 amide bonds. The van der Waals surface area contributed by atoms with Crippen molar-refractivity contribution in [3.8, 4) is 0 Å². The highest BCUT2D eigenvalue weighted by atomic mass is 31.2. The van der Waals surface area contributed by atoms with Gasteiger partial charge in [-0.15, -0.1) is 0 Å². The summed E-state index contributed by atoms with van der Waals surface area (Å²) in [5.74, 6) is -1.54. The van der Waals surface area contributed by atoms with E-state index in [4.69, 9.17) is 23.3 Å². The molecule has 12 heteroatoms. The number of phosphoric acid groups is 1. The molecule has 0 bridgehead atoms. The number of unbranched alkanes of at least 4 members (excludes halogenated alkanes) is 18. The van der Waals surface area contributed by atoms with Gasteiger partial charge in [0.2, 0.25) is 0 Å². The highest BCUT2D eigenvalue weighted by Gasteiger charge is 2.28. The summed E-state index contributed by atoms with van der Waals surface area (Å²) in [6, 6.07) is 0. The number of carbonyl (C=O) groups excluding carboxylic acids is 3. The summed E-state index contributed by atoms with van der Waals surface area (Å²) in [5.41, 5.74) is 0. The van der Waals surface area contributed by atoms with E-state index in [1.54, 1.807) is 0 Å². The molecule has 0 aliphatic carbocycles. The molecule has 0 aliphatic heterocycles. The van der Waals surface area contributed by atoms with Crippen molar-refractivity contribution in [1.29, 1.82) is 0 Å². The molecule has 0 saturated heterocycles. The zero-order valence-electron chi connectivity index (χ0n) is 49.1. The largest absolute Gasteiger partial charge is 0.472 e. The Labute approximate surface area is 475 Å². The van der Waals surface area contributed by atoms with Crippen molar-refractivity contribution in [2.45, 2.75) is 251 Å². The SMILES string of the molecule is CC/C=C\C/C=C\C/C=C\C/C=C\C/C=C\CCCCCC(=O)OC(COC(=O)CCCCCCCC/C=C\C/C=C\C/C=C\C/C=C\CC)COP(=O)(O)OCC(CO)OC(=O)CCCCCCC/C=C\CCCCCC. The Morgan fingerprint density at radius 3 is 1.05 bits per heavy atom. The molecule has 0 rings (SSSR count). The fourth-order valence-corrected chi connectivity index (χ4v) is 8.56. The van der Waals surface area contributed by atoms with Gasteiger partial charge in [-0.25, -0.2) is 4.57 Å². The molecule has 0 aliphatic rings. The second kappa shape index (κ2) is 59.0. The minimum absolute atomic E-state index is 0.118. The highest BCUT2D eigenvalue weighted by Crippen LogP contribution is 2.43. The van der Waals surface area contributed by atoms with Gasteiger partial charge in [-0.05, 0) is 128 Å². The Balaban J connectivity index is 4.83. The third-order valence-corrected chi connectivity index (χ3v) is 13.3. The number of hydrogen-bond donors (Lipinski definition) is 2. The fourth-order valence-electron chi connectivity index (χ4n) is 7.78. The van der Waals surface area contributed by atoms with Gasteiger partial charge in [0.05, 0.1) is 19.8 Å². The molecule has 3 atom stereocenters. The summed E-state index contributed by atoms with van der Waals surface area (Å²) in [6.07, 6.45) is 72.9. The predicted molar refractivity (Wildman–Crippen MR) is 325 cm³/mol. The van der Waals surface area contributed by atoms with Gasteiger partial charge in [0.25, 0.3) is 0 Å². The molecule has 2 N–H and O–H groups in total. The van der Waals surface area contributed by atoms with Crippen molar-refractivity contribution in [3.05, 3.63) is 122 Å². The first kappa shape index (κ1) is 73.9. The van der Waals surface area contributed by atoms with Crippen LogP contribution in [0.1, 0.15) is 239 Å². The van der Waals surface area contributed by atoms with Crippen molar-refractivity contribution >= 4 is 25.7 Å². The third kappa shape index (κ3) is 56.6. The summed E-state index contributed by atoms with van der Waals surface area (Å²) < 4.78 is 39.6. The lowest BCUT2D eigenvalue weighted by atomic mass is 10.1. The van der Waals surface area contributed by atoms with Crippen molar-refractivity contribution in [1.82, 2.24) is 0 Å². The molecule has 0 fully saturated rings. The number of ether oxygens (including phenoxy) is 3. The molecule has 78 heavy (non-hydrogen) atoms. The van der Waals surface area contributed by atoms with Crippen LogP contribution in [-0.4, -0.2) is 66.5 Å².